The minimum Gasteiger partial charge on any atom is -0.241 e. The monoisotopic (exact) mass is 1010 g/mol. The standard InChI is InChI=1S/C61H22N18/c1-33(22-63)16-34(4-2-3-15-62)50-51(35-5-10-40(23-64)45(17-35)28-69)75-57-56(74-50)58-60(78-53(37-7-12-42(25-66)47(19-37)30-71)52(76-58)36-6-11-41(24-65)46(18-36)29-70)61-59(57)77-54(38-8-13-43(26-67)48(20-38)31-72)55(79-61)39-9-14-44(27-68)49(21-39)32-73/h2,4-14,16-21H,1,3H2/b4-2-,34-16+. The third-order valence-corrected chi connectivity index (χ3v) is 12.3. The topological polar surface area (TPSA) is 363 Å². The summed E-state index contributed by atoms with van der Waals surface area (Å²) in [5, 5.41) is 121. The van der Waals surface area contributed by atoms with Gasteiger partial charge in [0.2, 0.25) is 0 Å². The van der Waals surface area contributed by atoms with Crippen LogP contribution in [0.25, 0.3) is 95.0 Å². The van der Waals surface area contributed by atoms with Crippen LogP contribution in [0.15, 0.2) is 121 Å². The van der Waals surface area contributed by atoms with Crippen LogP contribution >= 0.6 is 0 Å². The quantitative estimate of drug-likeness (QED) is 0.0736. The SMILES string of the molecule is C=C(C#N)/C=C(\C=C/CC#N)c1nc2c(nc1-c1ccc(C#N)c(C#N)c1)c1nc(-c3ccc(C#N)c(C#N)c3)c(-c3ccc(C#N)c(C#N)c3)nc1c1nc(-c3ccc(C#N)c(C#N)c3)c(-c3ccc(C#N)c(C#N)c3)nc21. The van der Waals surface area contributed by atoms with Crippen LogP contribution in [0.3, 0.4) is 0 Å². The summed E-state index contributed by atoms with van der Waals surface area (Å²) in [6.45, 7) is 3.86. The summed E-state index contributed by atoms with van der Waals surface area (Å²) in [6.07, 6.45) is 4.38. The van der Waals surface area contributed by atoms with Crippen molar-refractivity contribution in [3.05, 3.63) is 183 Å². The van der Waals surface area contributed by atoms with Crippen LogP contribution in [0.1, 0.15) is 67.7 Å². The Morgan fingerprint density at radius 1 is 0.354 bits per heavy atom. The first-order chi connectivity index (χ1) is 38.5. The highest BCUT2D eigenvalue weighted by atomic mass is 14.9. The zero-order valence-corrected chi connectivity index (χ0v) is 40.4. The van der Waals surface area contributed by atoms with Gasteiger partial charge in [-0.2, -0.15) is 63.1 Å². The third-order valence-electron chi connectivity index (χ3n) is 12.3. The Hall–Kier alpha value is -13.6. The van der Waals surface area contributed by atoms with Crippen LogP contribution in [0.2, 0.25) is 0 Å². The summed E-state index contributed by atoms with van der Waals surface area (Å²) >= 11 is 0. The molecule has 3 heterocycles. The second kappa shape index (κ2) is 21.3. The van der Waals surface area contributed by atoms with Gasteiger partial charge in [-0.1, -0.05) is 49.1 Å². The smallest absolute Gasteiger partial charge is 0.120 e. The highest BCUT2D eigenvalue weighted by Gasteiger charge is 2.27. The molecule has 9 aromatic rings. The minimum atomic E-state index is -0.0792. The van der Waals surface area contributed by atoms with Crippen molar-refractivity contribution in [3.8, 4) is 129 Å². The summed E-state index contributed by atoms with van der Waals surface area (Å²) in [5.41, 5.74) is 2.14. The van der Waals surface area contributed by atoms with Gasteiger partial charge >= 0.3 is 0 Å². The van der Waals surface area contributed by atoms with Crippen molar-refractivity contribution in [1.29, 1.82) is 63.1 Å². The normalized spacial score (nSPS) is 10.5. The Kier molecular flexibility index (Phi) is 13.6. The maximum absolute atomic E-state index is 10.3. The average molecular weight is 1010 g/mol. The fraction of sp³-hybridized carbons (Fsp3) is 0.0164. The second-order valence-electron chi connectivity index (χ2n) is 16.8. The molecule has 0 atom stereocenters. The molecule has 0 aliphatic carbocycles. The molecule has 18 nitrogen and oxygen atoms in total. The fourth-order valence-electron chi connectivity index (χ4n) is 8.57. The Morgan fingerprint density at radius 3 is 0.886 bits per heavy atom. The average Bonchev–Trinajstić information content (AvgIpc) is 3.66. The molecule has 9 rings (SSSR count). The molecule has 0 amide bonds. The largest absolute Gasteiger partial charge is 0.241 e. The van der Waals surface area contributed by atoms with Crippen molar-refractivity contribution in [3.63, 3.8) is 0 Å². The van der Waals surface area contributed by atoms with E-state index in [0.717, 1.165) is 0 Å². The van der Waals surface area contributed by atoms with Gasteiger partial charge < -0.3 is 0 Å². The van der Waals surface area contributed by atoms with Crippen molar-refractivity contribution < 1.29 is 0 Å². The number of hydrogen-bond donors (Lipinski definition) is 0. The molecular formula is C61H22N18. The number of nitrogens with zero attached hydrogens (tertiary/aromatic N) is 18. The number of aromatic nitrogens is 6. The van der Waals surface area contributed by atoms with E-state index >= 15 is 0 Å². The van der Waals surface area contributed by atoms with Crippen molar-refractivity contribution in [1.82, 2.24) is 29.9 Å². The Labute approximate surface area is 448 Å². The zero-order valence-electron chi connectivity index (χ0n) is 40.4. The van der Waals surface area contributed by atoms with Gasteiger partial charge in [0.25, 0.3) is 0 Å². The fourth-order valence-corrected chi connectivity index (χ4v) is 8.57. The molecule has 0 unspecified atom stereocenters. The van der Waals surface area contributed by atoms with E-state index in [0.29, 0.717) is 0 Å². The van der Waals surface area contributed by atoms with Gasteiger partial charge in [0.1, 0.15) is 93.8 Å². The number of rotatable bonds is 9. The van der Waals surface area contributed by atoms with E-state index in [1.165, 1.54) is 78.9 Å². The molecule has 18 heteroatoms. The molecular weight excluding hydrogens is 985 g/mol. The minimum absolute atomic E-state index is 0.00153. The summed E-state index contributed by atoms with van der Waals surface area (Å²) in [6, 6.07) is 46.4. The lowest BCUT2D eigenvalue weighted by Gasteiger charge is -2.18. The Morgan fingerprint density at radius 2 is 0.620 bits per heavy atom. The number of fused-ring (bicyclic) bond motifs is 6. The van der Waals surface area contributed by atoms with Gasteiger partial charge in [0.05, 0.1) is 108 Å². The summed E-state index contributed by atoms with van der Waals surface area (Å²) < 4.78 is 0. The van der Waals surface area contributed by atoms with Crippen LogP contribution < -0.4 is 0 Å². The zero-order chi connectivity index (χ0) is 55.9. The van der Waals surface area contributed by atoms with Gasteiger partial charge in [0.15, 0.2) is 0 Å². The Bertz CT molecular complexity index is 4770. The molecule has 6 aromatic carbocycles. The third kappa shape index (κ3) is 9.07. The van der Waals surface area contributed by atoms with Gasteiger partial charge in [-0.25, -0.2) is 29.9 Å². The summed E-state index contributed by atoms with van der Waals surface area (Å²) in [4.78, 5) is 31.6. The van der Waals surface area contributed by atoms with Crippen molar-refractivity contribution in [2.45, 2.75) is 6.42 Å². The first-order valence-corrected chi connectivity index (χ1v) is 22.9. The van der Waals surface area contributed by atoms with Gasteiger partial charge in [-0.3, -0.25) is 0 Å². The molecule has 0 radical (unpaired) electrons. The van der Waals surface area contributed by atoms with E-state index in [1.807, 2.05) is 72.8 Å². The lowest BCUT2D eigenvalue weighted by atomic mass is 9.96. The van der Waals surface area contributed by atoms with Crippen LogP contribution in [-0.2, 0) is 0 Å². The molecule has 0 fully saturated rings. The molecule has 0 N–H and O–H groups in total. The van der Waals surface area contributed by atoms with E-state index in [9.17, 15) is 63.1 Å². The molecule has 0 spiro atoms. The van der Waals surface area contributed by atoms with E-state index in [4.69, 9.17) is 29.9 Å². The molecule has 0 saturated carbocycles. The summed E-state index contributed by atoms with van der Waals surface area (Å²) in [7, 11) is 0. The maximum Gasteiger partial charge on any atom is 0.120 e. The van der Waals surface area contributed by atoms with Crippen LogP contribution in [-0.4, -0.2) is 29.9 Å². The van der Waals surface area contributed by atoms with Crippen molar-refractivity contribution >= 4 is 38.7 Å². The molecule has 356 valence electrons. The highest BCUT2D eigenvalue weighted by Crippen LogP contribution is 2.42. The summed E-state index contributed by atoms with van der Waals surface area (Å²) in [5.74, 6) is 0. The van der Waals surface area contributed by atoms with Crippen LogP contribution in [0.4, 0.5) is 0 Å². The van der Waals surface area contributed by atoms with E-state index in [-0.39, 0.29) is 168 Å². The van der Waals surface area contributed by atoms with Crippen LogP contribution in [0, 0.1) is 136 Å². The molecule has 0 bridgehead atoms. The first-order valence-electron chi connectivity index (χ1n) is 22.9. The molecule has 79 heavy (non-hydrogen) atoms. The van der Waals surface area contributed by atoms with Gasteiger partial charge in [-0.05, 0) is 66.7 Å². The molecule has 0 aliphatic rings. The molecule has 0 saturated heterocycles. The number of hydrogen-bond acceptors (Lipinski definition) is 18. The lowest BCUT2D eigenvalue weighted by molar-refractivity contribution is 1.22. The predicted molar refractivity (Wildman–Crippen MR) is 282 cm³/mol. The number of benzene rings is 6. The van der Waals surface area contributed by atoms with E-state index < -0.39 is 0 Å². The first kappa shape index (κ1) is 50.4. The van der Waals surface area contributed by atoms with E-state index in [1.54, 1.807) is 30.3 Å². The van der Waals surface area contributed by atoms with Gasteiger partial charge in [0, 0.05) is 39.0 Å². The second-order valence-corrected chi connectivity index (χ2v) is 16.8. The number of allylic oxidation sites excluding steroid dienone is 5. The van der Waals surface area contributed by atoms with Gasteiger partial charge in [-0.15, -0.1) is 0 Å². The molecule has 3 aromatic heterocycles. The van der Waals surface area contributed by atoms with Crippen molar-refractivity contribution in [2.24, 2.45) is 0 Å². The predicted octanol–water partition coefficient (Wildman–Crippen LogP) is 10.5. The Balaban J connectivity index is 1.59. The highest BCUT2D eigenvalue weighted by molar-refractivity contribution is 6.20. The maximum atomic E-state index is 10.3. The number of nitriles is 12. The van der Waals surface area contributed by atoms with Crippen molar-refractivity contribution in [2.75, 3.05) is 0 Å². The lowest BCUT2D eigenvalue weighted by Crippen LogP contribution is -2.06. The van der Waals surface area contributed by atoms with Crippen LogP contribution in [0.5, 0.6) is 0 Å². The molecule has 0 aliphatic heterocycles. The van der Waals surface area contributed by atoms with E-state index in [2.05, 4.69) is 6.58 Å².